The van der Waals surface area contributed by atoms with Crippen LogP contribution in [0.2, 0.25) is 0 Å². The first-order valence-corrected chi connectivity index (χ1v) is 9.94. The molecule has 1 heterocycles. The maximum atomic E-state index is 14.7. The fourth-order valence-electron chi connectivity index (χ4n) is 3.83. The quantitative estimate of drug-likeness (QED) is 0.747. The molecule has 3 atom stereocenters. The number of methoxy groups -OCH3 is 1. The largest absolute Gasteiger partial charge is 0.444 e. The lowest BCUT2D eigenvalue weighted by Gasteiger charge is -2.38. The van der Waals surface area contributed by atoms with E-state index in [1.807, 2.05) is 0 Å². The molecule has 148 valence electrons. The Hall–Kier alpha value is -1.80. The molecule has 0 saturated heterocycles. The van der Waals surface area contributed by atoms with E-state index < -0.39 is 17.2 Å². The van der Waals surface area contributed by atoms with Crippen LogP contribution in [-0.2, 0) is 15.0 Å². The molecule has 3 N–H and O–H groups in total. The van der Waals surface area contributed by atoms with Gasteiger partial charge in [0.05, 0.1) is 11.6 Å². The number of alkyl carbamates (subject to hydrolysis) is 1. The molecule has 0 radical (unpaired) electrons. The number of nitrogens with zero attached hydrogens (tertiary/aromatic N) is 1. The van der Waals surface area contributed by atoms with Gasteiger partial charge in [-0.2, -0.15) is 0 Å². The van der Waals surface area contributed by atoms with Crippen molar-refractivity contribution in [1.82, 2.24) is 5.32 Å². The minimum atomic E-state index is -0.810. The number of hydrogen-bond donors (Lipinski definition) is 2. The molecular weight excluding hydrogens is 369 g/mol. The summed E-state index contributed by atoms with van der Waals surface area (Å²) in [6.45, 7) is 5.38. The van der Waals surface area contributed by atoms with Gasteiger partial charge in [-0.15, -0.1) is 0 Å². The smallest absolute Gasteiger partial charge is 0.413 e. The first-order valence-electron chi connectivity index (χ1n) is 8.95. The minimum Gasteiger partial charge on any atom is -0.444 e. The number of fused-ring (bicyclic) bond motifs is 1. The molecule has 8 heteroatoms. The zero-order valence-electron chi connectivity index (χ0n) is 16.0. The normalized spacial score (nSPS) is 27.7. The van der Waals surface area contributed by atoms with Gasteiger partial charge in [-0.05, 0) is 51.8 Å². The zero-order valence-corrected chi connectivity index (χ0v) is 16.9. The molecule has 2 aliphatic rings. The molecule has 0 bridgehead atoms. The number of nitrogens with one attached hydrogen (secondary N) is 1. The van der Waals surface area contributed by atoms with E-state index in [9.17, 15) is 9.18 Å². The van der Waals surface area contributed by atoms with E-state index in [0.29, 0.717) is 28.6 Å². The van der Waals surface area contributed by atoms with Crippen molar-refractivity contribution in [2.75, 3.05) is 18.6 Å². The van der Waals surface area contributed by atoms with Crippen molar-refractivity contribution in [2.45, 2.75) is 50.9 Å². The highest BCUT2D eigenvalue weighted by atomic mass is 32.2. The van der Waals surface area contributed by atoms with E-state index in [1.54, 1.807) is 33.9 Å². The minimum absolute atomic E-state index is 0.00649. The second-order valence-electron chi connectivity index (χ2n) is 7.94. The van der Waals surface area contributed by atoms with E-state index in [1.165, 1.54) is 23.9 Å². The number of carbonyl (C=O) groups excluding carboxylic acids is 1. The second kappa shape index (κ2) is 7.31. The third kappa shape index (κ3) is 4.06. The van der Waals surface area contributed by atoms with E-state index in [0.717, 1.165) is 6.42 Å². The molecule has 0 unspecified atom stereocenters. The number of nitrogen functional groups attached to an aromatic ring is 1. The molecule has 1 aliphatic carbocycles. The number of halogens is 1. The van der Waals surface area contributed by atoms with Gasteiger partial charge in [-0.3, -0.25) is 10.3 Å². The summed E-state index contributed by atoms with van der Waals surface area (Å²) in [5.74, 6) is 0.299. The number of ether oxygens (including phenoxy) is 2. The van der Waals surface area contributed by atoms with Crippen LogP contribution in [0.4, 0.5) is 14.9 Å². The molecule has 1 aromatic rings. The van der Waals surface area contributed by atoms with Crippen LogP contribution in [0.1, 0.15) is 39.2 Å². The van der Waals surface area contributed by atoms with Crippen molar-refractivity contribution in [3.8, 4) is 0 Å². The molecule has 6 nitrogen and oxygen atoms in total. The molecular formula is C19H26FN3O3S. The number of hydrogen-bond acceptors (Lipinski definition) is 6. The average molecular weight is 396 g/mol. The molecule has 1 fully saturated rings. The monoisotopic (exact) mass is 395 g/mol. The maximum Gasteiger partial charge on any atom is 0.413 e. The Morgan fingerprint density at radius 1 is 1.44 bits per heavy atom. The van der Waals surface area contributed by atoms with Crippen molar-refractivity contribution in [1.29, 1.82) is 0 Å². The van der Waals surface area contributed by atoms with Gasteiger partial charge in [0, 0.05) is 30.0 Å². The number of aliphatic imine (C=N–C) groups is 1. The molecule has 1 saturated carbocycles. The highest BCUT2D eigenvalue weighted by Gasteiger charge is 2.53. The fourth-order valence-corrected chi connectivity index (χ4v) is 5.04. The highest BCUT2D eigenvalue weighted by Crippen LogP contribution is 2.52. The van der Waals surface area contributed by atoms with Crippen molar-refractivity contribution in [3.05, 3.63) is 29.6 Å². The SMILES string of the molecule is CO[C@@H]1CC[C@]2(c3cc(N)ccc3F)N=C(NC(=O)OC(C)(C)C)SC[C@H]12. The summed E-state index contributed by atoms with van der Waals surface area (Å²) in [4.78, 5) is 17.0. The summed E-state index contributed by atoms with van der Waals surface area (Å²) in [6.07, 6.45) is 0.789. The standard InChI is InChI=1S/C19H26FN3O3S/c1-18(2,3)26-17(24)22-16-23-19(12-9-11(21)5-6-14(12)20)8-7-15(25-4)13(19)10-27-16/h5-6,9,13,15H,7-8,10,21H2,1-4H3,(H,22,23,24)/t13-,15-,19-/m1/s1. The van der Waals surface area contributed by atoms with E-state index >= 15 is 0 Å². The third-order valence-corrected chi connectivity index (χ3v) is 5.93. The van der Waals surface area contributed by atoms with Gasteiger partial charge < -0.3 is 15.2 Å². The van der Waals surface area contributed by atoms with Crippen LogP contribution in [0.5, 0.6) is 0 Å². The fraction of sp³-hybridized carbons (Fsp3) is 0.579. The Morgan fingerprint density at radius 3 is 2.85 bits per heavy atom. The van der Waals surface area contributed by atoms with Crippen molar-refractivity contribution < 1.29 is 18.7 Å². The van der Waals surface area contributed by atoms with E-state index in [2.05, 4.69) is 5.32 Å². The maximum absolute atomic E-state index is 14.7. The second-order valence-corrected chi connectivity index (χ2v) is 8.95. The number of thioether (sulfide) groups is 1. The summed E-state index contributed by atoms with van der Waals surface area (Å²) in [5.41, 5.74) is 5.44. The molecule has 27 heavy (non-hydrogen) atoms. The van der Waals surface area contributed by atoms with E-state index in [-0.39, 0.29) is 17.8 Å². The third-order valence-electron chi connectivity index (χ3n) is 4.94. The van der Waals surface area contributed by atoms with Crippen LogP contribution in [0.3, 0.4) is 0 Å². The van der Waals surface area contributed by atoms with Crippen LogP contribution >= 0.6 is 11.8 Å². The first-order chi connectivity index (χ1) is 12.6. The number of benzene rings is 1. The van der Waals surface area contributed by atoms with Crippen molar-refractivity contribution in [3.63, 3.8) is 0 Å². The van der Waals surface area contributed by atoms with Crippen LogP contribution in [0.25, 0.3) is 0 Å². The summed E-state index contributed by atoms with van der Waals surface area (Å²) in [7, 11) is 1.67. The lowest BCUT2D eigenvalue weighted by Crippen LogP contribution is -2.44. The van der Waals surface area contributed by atoms with Crippen molar-refractivity contribution in [2.24, 2.45) is 10.9 Å². The molecule has 0 aromatic heterocycles. The Labute approximate surface area is 163 Å². The van der Waals surface area contributed by atoms with Gasteiger partial charge in [-0.1, -0.05) is 11.8 Å². The number of rotatable bonds is 2. The Balaban J connectivity index is 1.98. The summed E-state index contributed by atoms with van der Waals surface area (Å²) >= 11 is 1.42. The number of nitrogens with two attached hydrogens (primary N) is 1. The van der Waals surface area contributed by atoms with Gasteiger partial charge >= 0.3 is 6.09 Å². The Bertz CT molecular complexity index is 765. The van der Waals surface area contributed by atoms with Crippen LogP contribution < -0.4 is 11.1 Å². The number of amides is 1. The topological polar surface area (TPSA) is 85.9 Å². The van der Waals surface area contributed by atoms with Crippen molar-refractivity contribution >= 4 is 28.7 Å². The zero-order chi connectivity index (χ0) is 19.8. The number of anilines is 1. The molecule has 1 aromatic carbocycles. The Morgan fingerprint density at radius 2 is 2.19 bits per heavy atom. The Kier molecular flexibility index (Phi) is 5.40. The predicted molar refractivity (Wildman–Crippen MR) is 105 cm³/mol. The first kappa shape index (κ1) is 19.9. The summed E-state index contributed by atoms with van der Waals surface area (Å²) in [5, 5.41) is 3.14. The lowest BCUT2D eigenvalue weighted by molar-refractivity contribution is 0.0561. The average Bonchev–Trinajstić information content (AvgIpc) is 2.94. The molecule has 0 spiro atoms. The van der Waals surface area contributed by atoms with Gasteiger partial charge in [0.1, 0.15) is 11.4 Å². The van der Waals surface area contributed by atoms with E-state index in [4.69, 9.17) is 20.2 Å². The molecule has 3 rings (SSSR count). The predicted octanol–water partition coefficient (Wildman–Crippen LogP) is 3.66. The van der Waals surface area contributed by atoms with Crippen LogP contribution in [0, 0.1) is 11.7 Å². The lowest BCUT2D eigenvalue weighted by atomic mass is 9.80. The van der Waals surface area contributed by atoms with Gasteiger partial charge in [-0.25, -0.2) is 9.18 Å². The highest BCUT2D eigenvalue weighted by molar-refractivity contribution is 8.13. The summed E-state index contributed by atoms with van der Waals surface area (Å²) < 4.78 is 25.7. The van der Waals surface area contributed by atoms with Gasteiger partial charge in [0.15, 0.2) is 5.17 Å². The van der Waals surface area contributed by atoms with Gasteiger partial charge in [0.25, 0.3) is 0 Å². The number of carbonyl (C=O) groups is 1. The molecule has 1 aliphatic heterocycles. The number of amidine groups is 1. The van der Waals surface area contributed by atoms with Gasteiger partial charge in [0.2, 0.25) is 0 Å². The summed E-state index contributed by atoms with van der Waals surface area (Å²) in [6, 6.07) is 4.55. The van der Waals surface area contributed by atoms with Crippen LogP contribution in [-0.4, -0.2) is 35.8 Å². The van der Waals surface area contributed by atoms with Crippen LogP contribution in [0.15, 0.2) is 23.2 Å². The molecule has 1 amide bonds.